The molecule has 7 heteroatoms. The highest BCUT2D eigenvalue weighted by Crippen LogP contribution is 2.30. The molecule has 2 N–H and O–H groups in total. The number of rotatable bonds is 7. The summed E-state index contributed by atoms with van der Waals surface area (Å²) >= 11 is 0. The molecule has 1 aromatic heterocycles. The number of nitrogens with one attached hydrogen (secondary N) is 2. The van der Waals surface area contributed by atoms with Gasteiger partial charge in [-0.1, -0.05) is 67.1 Å². The van der Waals surface area contributed by atoms with E-state index in [1.54, 1.807) is 0 Å². The fourth-order valence-electron chi connectivity index (χ4n) is 5.39. The summed E-state index contributed by atoms with van der Waals surface area (Å²) in [4.78, 5) is 27.8. The smallest absolute Gasteiger partial charge is 0.315 e. The SMILES string of the molecule is O=C(NC(CN1CCCCCC1=O)c1ccccc1)NC1CCCc2c1cnn2Cc1ccccc1. The second-order valence-corrected chi connectivity index (χ2v) is 9.87. The van der Waals surface area contributed by atoms with Crippen LogP contribution in [0.3, 0.4) is 0 Å². The fraction of sp³-hybridized carbons (Fsp3) is 0.414. The fourth-order valence-corrected chi connectivity index (χ4v) is 5.39. The first-order chi connectivity index (χ1) is 17.7. The minimum Gasteiger partial charge on any atom is -0.340 e. The van der Waals surface area contributed by atoms with Gasteiger partial charge in [0, 0.05) is 30.8 Å². The minimum absolute atomic E-state index is 0.0745. The van der Waals surface area contributed by atoms with Crippen molar-refractivity contribution in [2.75, 3.05) is 13.1 Å². The number of carbonyl (C=O) groups excluding carboxylic acids is 2. The van der Waals surface area contributed by atoms with Gasteiger partial charge in [-0.25, -0.2) is 4.79 Å². The normalized spacial score (nSPS) is 18.7. The molecule has 0 spiro atoms. The number of carbonyl (C=O) groups is 2. The molecule has 0 radical (unpaired) electrons. The quantitative estimate of drug-likeness (QED) is 0.507. The van der Waals surface area contributed by atoms with Crippen molar-refractivity contribution in [1.29, 1.82) is 0 Å². The van der Waals surface area contributed by atoms with E-state index in [4.69, 9.17) is 0 Å². The molecule has 2 aromatic carbocycles. The molecule has 5 rings (SSSR count). The molecule has 0 saturated carbocycles. The zero-order chi connectivity index (χ0) is 24.7. The molecule has 2 atom stereocenters. The van der Waals surface area contributed by atoms with Crippen molar-refractivity contribution in [2.45, 2.75) is 63.6 Å². The number of likely N-dealkylation sites (tertiary alicyclic amines) is 1. The summed E-state index contributed by atoms with van der Waals surface area (Å²) in [5, 5.41) is 11.0. The monoisotopic (exact) mass is 485 g/mol. The maximum absolute atomic E-state index is 13.2. The minimum atomic E-state index is -0.267. The van der Waals surface area contributed by atoms with E-state index >= 15 is 0 Å². The highest BCUT2D eigenvalue weighted by molar-refractivity contribution is 5.77. The van der Waals surface area contributed by atoms with Crippen LogP contribution >= 0.6 is 0 Å². The molecule has 3 aromatic rings. The average Bonchev–Trinajstić information content (AvgIpc) is 3.20. The van der Waals surface area contributed by atoms with Crippen LogP contribution in [0.25, 0.3) is 0 Å². The molecule has 1 saturated heterocycles. The van der Waals surface area contributed by atoms with Crippen LogP contribution in [0.15, 0.2) is 66.9 Å². The van der Waals surface area contributed by atoms with Gasteiger partial charge in [0.25, 0.3) is 0 Å². The van der Waals surface area contributed by atoms with Crippen molar-refractivity contribution >= 4 is 11.9 Å². The van der Waals surface area contributed by atoms with Gasteiger partial charge in [-0.05, 0) is 43.2 Å². The lowest BCUT2D eigenvalue weighted by Crippen LogP contribution is -2.45. The number of hydrogen-bond acceptors (Lipinski definition) is 3. The lowest BCUT2D eigenvalue weighted by Gasteiger charge is -2.29. The molecule has 2 unspecified atom stereocenters. The van der Waals surface area contributed by atoms with Gasteiger partial charge < -0.3 is 15.5 Å². The molecule has 2 aliphatic rings. The largest absolute Gasteiger partial charge is 0.340 e. The van der Waals surface area contributed by atoms with E-state index in [1.807, 2.05) is 59.6 Å². The van der Waals surface area contributed by atoms with Crippen molar-refractivity contribution in [3.8, 4) is 0 Å². The average molecular weight is 486 g/mol. The van der Waals surface area contributed by atoms with Gasteiger partial charge >= 0.3 is 6.03 Å². The number of aromatic nitrogens is 2. The van der Waals surface area contributed by atoms with Crippen LogP contribution in [0.1, 0.15) is 73.0 Å². The third-order valence-corrected chi connectivity index (χ3v) is 7.32. The van der Waals surface area contributed by atoms with Crippen LogP contribution < -0.4 is 10.6 Å². The van der Waals surface area contributed by atoms with E-state index in [0.29, 0.717) is 13.0 Å². The Labute approximate surface area is 212 Å². The lowest BCUT2D eigenvalue weighted by molar-refractivity contribution is -0.131. The Bertz CT molecular complexity index is 1160. The summed E-state index contributed by atoms with van der Waals surface area (Å²) in [5.74, 6) is 0.179. The first kappa shape index (κ1) is 24.1. The van der Waals surface area contributed by atoms with Crippen LogP contribution in [0, 0.1) is 0 Å². The topological polar surface area (TPSA) is 79.3 Å². The molecule has 1 aliphatic heterocycles. The predicted molar refractivity (Wildman–Crippen MR) is 139 cm³/mol. The molecule has 1 aliphatic carbocycles. The highest BCUT2D eigenvalue weighted by atomic mass is 16.2. The summed E-state index contributed by atoms with van der Waals surface area (Å²) in [6.45, 7) is 1.97. The summed E-state index contributed by atoms with van der Waals surface area (Å²) in [5.41, 5.74) is 4.52. The first-order valence-corrected chi connectivity index (χ1v) is 13.2. The van der Waals surface area contributed by atoms with E-state index in [2.05, 4.69) is 32.5 Å². The molecule has 2 heterocycles. The Morgan fingerprint density at radius 2 is 1.75 bits per heavy atom. The first-order valence-electron chi connectivity index (χ1n) is 13.2. The standard InChI is InChI=1S/C29H35N5O2/c35-28-17-8-3-9-18-33(28)21-26(23-13-6-2-7-14-23)32-29(36)31-25-15-10-16-27-24(25)19-30-34(27)20-22-11-4-1-5-12-22/h1-2,4-7,11-14,19,25-26H,3,8-10,15-18,20-21H2,(H2,31,32,36). The summed E-state index contributed by atoms with van der Waals surface area (Å²) in [6, 6.07) is 19.7. The van der Waals surface area contributed by atoms with Crippen molar-refractivity contribution < 1.29 is 9.59 Å². The summed E-state index contributed by atoms with van der Waals surface area (Å²) in [6.07, 6.45) is 8.39. The van der Waals surface area contributed by atoms with Gasteiger partial charge in [-0.2, -0.15) is 5.10 Å². The Balaban J connectivity index is 1.28. The maximum Gasteiger partial charge on any atom is 0.315 e. The Morgan fingerprint density at radius 1 is 0.972 bits per heavy atom. The van der Waals surface area contributed by atoms with Crippen molar-refractivity contribution in [2.24, 2.45) is 0 Å². The summed E-state index contributed by atoms with van der Waals surface area (Å²) < 4.78 is 2.06. The van der Waals surface area contributed by atoms with E-state index in [1.165, 1.54) is 11.3 Å². The van der Waals surface area contributed by atoms with Crippen molar-refractivity contribution in [1.82, 2.24) is 25.3 Å². The third-order valence-electron chi connectivity index (χ3n) is 7.32. The Morgan fingerprint density at radius 3 is 2.56 bits per heavy atom. The number of amides is 3. The Kier molecular flexibility index (Phi) is 7.64. The van der Waals surface area contributed by atoms with Crippen LogP contribution in [0.4, 0.5) is 4.79 Å². The number of hydrogen-bond donors (Lipinski definition) is 2. The van der Waals surface area contributed by atoms with Gasteiger partial charge in [-0.15, -0.1) is 0 Å². The summed E-state index contributed by atoms with van der Waals surface area (Å²) in [7, 11) is 0. The molecular formula is C29H35N5O2. The van der Waals surface area contributed by atoms with Crippen molar-refractivity contribution in [3.05, 3.63) is 89.2 Å². The number of urea groups is 1. The molecular weight excluding hydrogens is 450 g/mol. The third kappa shape index (κ3) is 5.78. The van der Waals surface area contributed by atoms with Crippen LogP contribution in [-0.4, -0.2) is 39.7 Å². The zero-order valence-electron chi connectivity index (χ0n) is 20.7. The van der Waals surface area contributed by atoms with E-state index in [-0.39, 0.29) is 24.0 Å². The number of fused-ring (bicyclic) bond motifs is 1. The van der Waals surface area contributed by atoms with Crippen LogP contribution in [0.5, 0.6) is 0 Å². The van der Waals surface area contributed by atoms with Gasteiger partial charge in [0.2, 0.25) is 5.91 Å². The Hall–Kier alpha value is -3.61. The molecule has 1 fully saturated rings. The van der Waals surface area contributed by atoms with Crippen LogP contribution in [0.2, 0.25) is 0 Å². The van der Waals surface area contributed by atoms with E-state index < -0.39 is 0 Å². The number of nitrogens with zero attached hydrogens (tertiary/aromatic N) is 3. The number of benzene rings is 2. The van der Waals surface area contributed by atoms with Crippen molar-refractivity contribution in [3.63, 3.8) is 0 Å². The second kappa shape index (κ2) is 11.4. The predicted octanol–water partition coefficient (Wildman–Crippen LogP) is 4.75. The molecule has 36 heavy (non-hydrogen) atoms. The molecule has 3 amide bonds. The zero-order valence-corrected chi connectivity index (χ0v) is 20.7. The van der Waals surface area contributed by atoms with Gasteiger partial charge in [-0.3, -0.25) is 9.48 Å². The van der Waals surface area contributed by atoms with Gasteiger partial charge in [0.05, 0.1) is 24.8 Å². The molecule has 0 bridgehead atoms. The van der Waals surface area contributed by atoms with E-state index in [0.717, 1.165) is 62.7 Å². The van der Waals surface area contributed by atoms with Gasteiger partial charge in [0.15, 0.2) is 0 Å². The highest BCUT2D eigenvalue weighted by Gasteiger charge is 2.28. The van der Waals surface area contributed by atoms with E-state index in [9.17, 15) is 9.59 Å². The lowest BCUT2D eigenvalue weighted by atomic mass is 9.93. The second-order valence-electron chi connectivity index (χ2n) is 9.87. The molecule has 7 nitrogen and oxygen atoms in total. The van der Waals surface area contributed by atoms with Gasteiger partial charge in [0.1, 0.15) is 0 Å². The molecule has 188 valence electrons. The maximum atomic E-state index is 13.2. The van der Waals surface area contributed by atoms with Crippen LogP contribution in [-0.2, 0) is 17.8 Å².